The van der Waals surface area contributed by atoms with Crippen LogP contribution in [-0.2, 0) is 19.0 Å². The molecule has 1 saturated carbocycles. The first-order valence-corrected chi connectivity index (χ1v) is 20.3. The van der Waals surface area contributed by atoms with Crippen molar-refractivity contribution in [3.8, 4) is 0 Å². The van der Waals surface area contributed by atoms with Gasteiger partial charge in [-0.25, -0.2) is 0 Å². The Kier molecular flexibility index (Phi) is 28.2. The van der Waals surface area contributed by atoms with Crippen LogP contribution in [0.2, 0.25) is 0 Å². The van der Waals surface area contributed by atoms with Crippen molar-refractivity contribution >= 4 is 5.97 Å². The number of aliphatic hydroxyl groups is 4. The largest absolute Gasteiger partial charge is 0.457 e. The van der Waals surface area contributed by atoms with E-state index in [4.69, 9.17) is 14.2 Å². The Bertz CT molecular complexity index is 722. The van der Waals surface area contributed by atoms with Crippen LogP contribution in [0.15, 0.2) is 0 Å². The molecule has 7 atom stereocenters. The summed E-state index contributed by atoms with van der Waals surface area (Å²) in [6, 6.07) is 0. The van der Waals surface area contributed by atoms with Crippen LogP contribution in [0.4, 0.5) is 0 Å². The van der Waals surface area contributed by atoms with Crippen LogP contribution in [0.25, 0.3) is 0 Å². The Morgan fingerprint density at radius 1 is 0.562 bits per heavy atom. The Labute approximate surface area is 295 Å². The van der Waals surface area contributed by atoms with Gasteiger partial charge >= 0.3 is 5.97 Å². The molecule has 1 rings (SSSR count). The molecule has 0 aliphatic heterocycles. The molecule has 8 heteroatoms. The van der Waals surface area contributed by atoms with E-state index in [1.165, 1.54) is 116 Å². The number of hydrogen-bond donors (Lipinski definition) is 4. The van der Waals surface area contributed by atoms with Gasteiger partial charge in [-0.2, -0.15) is 0 Å². The van der Waals surface area contributed by atoms with E-state index in [9.17, 15) is 25.2 Å². The summed E-state index contributed by atoms with van der Waals surface area (Å²) in [4.78, 5) is 12.6. The molecule has 0 saturated heterocycles. The van der Waals surface area contributed by atoms with Crippen LogP contribution in [0.5, 0.6) is 0 Å². The molecule has 0 radical (unpaired) electrons. The summed E-state index contributed by atoms with van der Waals surface area (Å²) < 4.78 is 17.2. The number of ether oxygens (including phenoxy) is 3. The summed E-state index contributed by atoms with van der Waals surface area (Å²) in [5.74, 6) is 1.38. The number of esters is 1. The van der Waals surface area contributed by atoms with Gasteiger partial charge in [-0.1, -0.05) is 163 Å². The Morgan fingerprint density at radius 2 is 1.02 bits per heavy atom. The zero-order valence-electron chi connectivity index (χ0n) is 31.6. The smallest absolute Gasteiger partial charge is 0.306 e. The van der Waals surface area contributed by atoms with Gasteiger partial charge < -0.3 is 34.6 Å². The van der Waals surface area contributed by atoms with Crippen LogP contribution in [0, 0.1) is 11.8 Å². The van der Waals surface area contributed by atoms with Crippen LogP contribution in [0.3, 0.4) is 0 Å². The average Bonchev–Trinajstić information content (AvgIpc) is 3.26. The van der Waals surface area contributed by atoms with Crippen molar-refractivity contribution in [1.82, 2.24) is 0 Å². The number of unbranched alkanes of at least 4 members (excludes halogenated alkanes) is 16. The third-order valence-electron chi connectivity index (χ3n) is 10.4. The quantitative estimate of drug-likeness (QED) is 0.0401. The van der Waals surface area contributed by atoms with Gasteiger partial charge in [0.2, 0.25) is 0 Å². The second-order valence-electron chi connectivity index (χ2n) is 15.0. The van der Waals surface area contributed by atoms with Gasteiger partial charge in [-0.05, 0) is 24.7 Å². The zero-order valence-corrected chi connectivity index (χ0v) is 31.6. The fourth-order valence-electron chi connectivity index (χ4n) is 6.66. The highest BCUT2D eigenvalue weighted by Gasteiger charge is 2.49. The van der Waals surface area contributed by atoms with E-state index in [0.717, 1.165) is 43.9 Å². The van der Waals surface area contributed by atoms with E-state index in [0.29, 0.717) is 13.0 Å². The van der Waals surface area contributed by atoms with E-state index >= 15 is 0 Å². The molecule has 286 valence electrons. The number of carbonyl (C=O) groups excluding carboxylic acids is 1. The fraction of sp³-hybridized carbons (Fsp3) is 0.975. The van der Waals surface area contributed by atoms with E-state index in [-0.39, 0.29) is 19.2 Å². The lowest BCUT2D eigenvalue weighted by molar-refractivity contribution is -0.163. The zero-order chi connectivity index (χ0) is 35.4. The second kappa shape index (κ2) is 29.9. The summed E-state index contributed by atoms with van der Waals surface area (Å²) in [7, 11) is 0. The molecule has 0 amide bonds. The number of rotatable bonds is 33. The molecule has 4 N–H and O–H groups in total. The predicted octanol–water partition coefficient (Wildman–Crippen LogP) is 8.43. The van der Waals surface area contributed by atoms with Crippen LogP contribution in [0.1, 0.15) is 182 Å². The maximum Gasteiger partial charge on any atom is 0.306 e. The molecule has 0 heterocycles. The van der Waals surface area contributed by atoms with Crippen molar-refractivity contribution in [3.63, 3.8) is 0 Å². The summed E-state index contributed by atoms with van der Waals surface area (Å²) >= 11 is 0. The van der Waals surface area contributed by atoms with Gasteiger partial charge in [0.05, 0.1) is 13.2 Å². The van der Waals surface area contributed by atoms with Crippen molar-refractivity contribution < 1.29 is 39.4 Å². The minimum Gasteiger partial charge on any atom is -0.457 e. The maximum absolute atomic E-state index is 12.6. The van der Waals surface area contributed by atoms with Crippen molar-refractivity contribution in [3.05, 3.63) is 0 Å². The SMILES string of the molecule is CCCCCCC(C)CCCCCCCCCOCC(COC1C(O)C(O)C(O)C1O)OC(=O)CCCCCCCCCCC(C)CC. The predicted molar refractivity (Wildman–Crippen MR) is 195 cm³/mol. The number of carbonyl (C=O) groups is 1. The van der Waals surface area contributed by atoms with Gasteiger partial charge in [0.25, 0.3) is 0 Å². The van der Waals surface area contributed by atoms with Gasteiger partial charge in [-0.15, -0.1) is 0 Å². The van der Waals surface area contributed by atoms with Crippen molar-refractivity contribution in [2.45, 2.75) is 218 Å². The number of hydrogen-bond acceptors (Lipinski definition) is 8. The van der Waals surface area contributed by atoms with Crippen LogP contribution >= 0.6 is 0 Å². The lowest BCUT2D eigenvalue weighted by Crippen LogP contribution is -2.39. The summed E-state index contributed by atoms with van der Waals surface area (Å²) in [6.07, 6.45) is 21.1. The number of aliphatic hydroxyl groups excluding tert-OH is 4. The molecule has 0 aromatic carbocycles. The lowest BCUT2D eigenvalue weighted by atomic mass is 9.96. The molecule has 1 aliphatic rings. The monoisotopic (exact) mass is 687 g/mol. The molecule has 7 unspecified atom stereocenters. The highest BCUT2D eigenvalue weighted by molar-refractivity contribution is 5.69. The third-order valence-corrected chi connectivity index (χ3v) is 10.4. The highest BCUT2D eigenvalue weighted by Crippen LogP contribution is 2.25. The third kappa shape index (κ3) is 22.1. The first-order valence-electron chi connectivity index (χ1n) is 20.3. The summed E-state index contributed by atoms with van der Waals surface area (Å²) in [6.45, 7) is 9.88. The van der Waals surface area contributed by atoms with E-state index in [1.807, 2.05) is 0 Å². The van der Waals surface area contributed by atoms with Crippen LogP contribution in [-0.4, -0.2) is 82.8 Å². The molecular weight excluding hydrogens is 608 g/mol. The van der Waals surface area contributed by atoms with Gasteiger partial charge in [0.15, 0.2) is 0 Å². The highest BCUT2D eigenvalue weighted by atomic mass is 16.6. The molecule has 0 aromatic rings. The Hall–Kier alpha value is -0.770. The van der Waals surface area contributed by atoms with Gasteiger partial charge in [-0.3, -0.25) is 4.79 Å². The molecule has 0 aromatic heterocycles. The summed E-state index contributed by atoms with van der Waals surface area (Å²) in [5, 5.41) is 40.1. The summed E-state index contributed by atoms with van der Waals surface area (Å²) in [5.41, 5.74) is 0. The van der Waals surface area contributed by atoms with Crippen molar-refractivity contribution in [2.24, 2.45) is 11.8 Å². The maximum atomic E-state index is 12.6. The minimum absolute atomic E-state index is 0.0989. The van der Waals surface area contributed by atoms with Crippen molar-refractivity contribution in [2.75, 3.05) is 19.8 Å². The van der Waals surface area contributed by atoms with Gasteiger partial charge in [0.1, 0.15) is 36.6 Å². The molecule has 1 fully saturated rings. The second-order valence-corrected chi connectivity index (χ2v) is 15.0. The van der Waals surface area contributed by atoms with Gasteiger partial charge in [0, 0.05) is 13.0 Å². The topological polar surface area (TPSA) is 126 Å². The molecule has 0 spiro atoms. The molecule has 0 bridgehead atoms. The molecule has 48 heavy (non-hydrogen) atoms. The van der Waals surface area contributed by atoms with Crippen molar-refractivity contribution in [1.29, 1.82) is 0 Å². The fourth-order valence-corrected chi connectivity index (χ4v) is 6.66. The van der Waals surface area contributed by atoms with Crippen LogP contribution < -0.4 is 0 Å². The Balaban J connectivity index is 2.25. The van der Waals surface area contributed by atoms with E-state index in [1.54, 1.807) is 0 Å². The van der Waals surface area contributed by atoms with E-state index < -0.39 is 36.6 Å². The molecule has 1 aliphatic carbocycles. The molecular formula is C40H78O8. The average molecular weight is 687 g/mol. The standard InChI is InChI=1S/C40H78O8/c1-5-7-8-20-26-33(4)27-22-17-13-11-15-19-24-29-46-30-34(31-47-40-38(44)36(42)37(43)39(40)45)48-35(41)28-23-18-14-10-9-12-16-21-25-32(3)6-2/h32-34,36-40,42-45H,5-31H2,1-4H3. The Morgan fingerprint density at radius 3 is 1.54 bits per heavy atom. The minimum atomic E-state index is -1.49. The lowest BCUT2D eigenvalue weighted by Gasteiger charge is -2.24. The normalized spacial score (nSPS) is 23.0. The van der Waals surface area contributed by atoms with E-state index in [2.05, 4.69) is 27.7 Å². The first-order chi connectivity index (χ1) is 23.2. The molecule has 8 nitrogen and oxygen atoms in total. The first kappa shape index (κ1) is 45.3.